The quantitative estimate of drug-likeness (QED) is 0.333. The van der Waals surface area contributed by atoms with Crippen molar-refractivity contribution in [3.63, 3.8) is 0 Å². The number of para-hydroxylation sites is 1. The van der Waals surface area contributed by atoms with Crippen molar-refractivity contribution in [3.05, 3.63) is 104 Å². The number of pyridine rings is 3. The molecule has 1 N–H and O–H groups in total. The summed E-state index contributed by atoms with van der Waals surface area (Å²) in [5.74, 6) is 0.603. The lowest BCUT2D eigenvalue weighted by Gasteiger charge is -2.16. The van der Waals surface area contributed by atoms with E-state index in [-0.39, 0.29) is 24.3 Å². The second-order valence-electron chi connectivity index (χ2n) is 8.82. The molecule has 37 heavy (non-hydrogen) atoms. The summed E-state index contributed by atoms with van der Waals surface area (Å²) in [7, 11) is 0. The molecule has 8 nitrogen and oxygen atoms in total. The Kier molecular flexibility index (Phi) is 6.47. The molecule has 1 aromatic carbocycles. The number of hydrogen-bond donors (Lipinski definition) is 1. The highest BCUT2D eigenvalue weighted by molar-refractivity contribution is 6.31. The van der Waals surface area contributed by atoms with Crippen molar-refractivity contribution in [3.8, 4) is 23.1 Å². The lowest BCUT2D eigenvalue weighted by Crippen LogP contribution is -2.23. The Morgan fingerprint density at radius 3 is 2.68 bits per heavy atom. The van der Waals surface area contributed by atoms with Crippen LogP contribution in [0.25, 0.3) is 22.2 Å². The fourth-order valence-electron chi connectivity index (χ4n) is 4.35. The first kappa shape index (κ1) is 24.2. The third kappa shape index (κ3) is 4.69. The van der Waals surface area contributed by atoms with E-state index in [4.69, 9.17) is 21.3 Å². The second kappa shape index (κ2) is 9.88. The van der Waals surface area contributed by atoms with Crippen LogP contribution in [0.5, 0.6) is 5.75 Å². The van der Waals surface area contributed by atoms with E-state index in [2.05, 4.69) is 15.2 Å². The Morgan fingerprint density at radius 2 is 1.92 bits per heavy atom. The van der Waals surface area contributed by atoms with Crippen molar-refractivity contribution >= 4 is 22.5 Å². The van der Waals surface area contributed by atoms with Crippen molar-refractivity contribution in [2.24, 2.45) is 0 Å². The molecule has 0 aliphatic heterocycles. The molecule has 4 aromatic heterocycles. The molecule has 0 bridgehead atoms. The molecular formula is C28H23ClN6O2. The number of nitriles is 1. The number of aromatic amines is 1. The number of ether oxygens (including phenoxy) is 1. The number of hydrogen-bond acceptors (Lipinski definition) is 6. The molecule has 0 saturated heterocycles. The van der Waals surface area contributed by atoms with E-state index in [0.29, 0.717) is 22.0 Å². The lowest BCUT2D eigenvalue weighted by atomic mass is 10.0. The fourth-order valence-corrected chi connectivity index (χ4v) is 4.68. The van der Waals surface area contributed by atoms with Crippen LogP contribution in [-0.4, -0.2) is 24.7 Å². The van der Waals surface area contributed by atoms with E-state index < -0.39 is 0 Å². The second-order valence-corrected chi connectivity index (χ2v) is 9.22. The van der Waals surface area contributed by atoms with E-state index in [9.17, 15) is 10.1 Å². The van der Waals surface area contributed by atoms with E-state index in [1.165, 1.54) is 10.6 Å². The van der Waals surface area contributed by atoms with E-state index in [1.54, 1.807) is 24.5 Å². The lowest BCUT2D eigenvalue weighted by molar-refractivity contribution is 0.307. The van der Waals surface area contributed by atoms with Gasteiger partial charge in [0, 0.05) is 34.1 Å². The third-order valence-corrected chi connectivity index (χ3v) is 6.48. The summed E-state index contributed by atoms with van der Waals surface area (Å²) >= 11 is 6.63. The van der Waals surface area contributed by atoms with Gasteiger partial charge in [-0.15, -0.1) is 0 Å². The zero-order valence-corrected chi connectivity index (χ0v) is 21.3. The van der Waals surface area contributed by atoms with Crippen LogP contribution < -0.4 is 10.3 Å². The molecule has 0 atom stereocenters. The first-order chi connectivity index (χ1) is 17.9. The summed E-state index contributed by atoms with van der Waals surface area (Å²) in [4.78, 5) is 22.0. The summed E-state index contributed by atoms with van der Waals surface area (Å²) in [5.41, 5.74) is 6.21. The summed E-state index contributed by atoms with van der Waals surface area (Å²) in [6.45, 7) is 6.07. The van der Waals surface area contributed by atoms with E-state index in [0.717, 1.165) is 39.1 Å². The van der Waals surface area contributed by atoms with Gasteiger partial charge in [-0.25, -0.2) is 4.98 Å². The highest BCUT2D eigenvalue weighted by Crippen LogP contribution is 2.34. The Morgan fingerprint density at radius 1 is 1.11 bits per heavy atom. The van der Waals surface area contributed by atoms with Crippen LogP contribution in [0.4, 0.5) is 0 Å². The van der Waals surface area contributed by atoms with Crippen LogP contribution in [0.2, 0.25) is 5.02 Å². The van der Waals surface area contributed by atoms with Crippen LogP contribution in [0.15, 0.2) is 59.7 Å². The van der Waals surface area contributed by atoms with Crippen molar-refractivity contribution in [2.75, 3.05) is 0 Å². The van der Waals surface area contributed by atoms with Crippen LogP contribution >= 0.6 is 11.6 Å². The molecule has 184 valence electrons. The molecule has 0 aliphatic carbocycles. The molecule has 0 fully saturated rings. The maximum Gasteiger partial charge on any atom is 0.268 e. The monoisotopic (exact) mass is 510 g/mol. The fraction of sp³-hybridized carbons (Fsp3) is 0.179. The Bertz CT molecular complexity index is 1750. The van der Waals surface area contributed by atoms with Gasteiger partial charge in [0.05, 0.1) is 29.2 Å². The predicted octanol–water partition coefficient (Wildman–Crippen LogP) is 5.26. The topological polar surface area (TPSA) is 109 Å². The number of fused-ring (bicyclic) bond motifs is 1. The zero-order chi connectivity index (χ0) is 26.1. The van der Waals surface area contributed by atoms with Crippen molar-refractivity contribution in [1.29, 1.82) is 5.26 Å². The standard InChI is InChI=1S/C28H23ClN6O2/c1-16-13-31-34-26(16)21-10-17(2)33-27-20(21)7-4-8-25(27)37-15-22-23(29)11-18(3)32-24(22)14-35-9-5-6-19(12-30)28(35)36/h4-11,13H,14-15H2,1-3H3,(H,31,34). The molecule has 5 rings (SSSR count). The highest BCUT2D eigenvalue weighted by Gasteiger charge is 2.17. The molecule has 0 radical (unpaired) electrons. The van der Waals surface area contributed by atoms with E-state index in [1.807, 2.05) is 51.1 Å². The highest BCUT2D eigenvalue weighted by atomic mass is 35.5. The number of nitrogens with one attached hydrogen (secondary N) is 1. The molecule has 4 heterocycles. The zero-order valence-electron chi connectivity index (χ0n) is 20.5. The smallest absolute Gasteiger partial charge is 0.268 e. The maximum absolute atomic E-state index is 12.6. The molecule has 0 aliphatic rings. The van der Waals surface area contributed by atoms with Gasteiger partial charge in [-0.3, -0.25) is 14.9 Å². The summed E-state index contributed by atoms with van der Waals surface area (Å²) in [6.07, 6.45) is 3.42. The minimum Gasteiger partial charge on any atom is -0.486 e. The van der Waals surface area contributed by atoms with E-state index >= 15 is 0 Å². The van der Waals surface area contributed by atoms with Gasteiger partial charge in [0.15, 0.2) is 0 Å². The molecule has 5 aromatic rings. The number of aromatic nitrogens is 5. The minimum absolute atomic E-state index is 0.0690. The molecule has 0 spiro atoms. The third-order valence-electron chi connectivity index (χ3n) is 6.15. The SMILES string of the molecule is Cc1cc(Cl)c(COc2cccc3c(-c4[nH]ncc4C)cc(C)nc23)c(Cn2cccc(C#N)c2=O)n1. The Balaban J connectivity index is 1.53. The summed E-state index contributed by atoms with van der Waals surface area (Å²) < 4.78 is 7.73. The average Bonchev–Trinajstić information content (AvgIpc) is 3.30. The number of H-pyrrole nitrogens is 1. The number of rotatable bonds is 6. The number of halogens is 1. The molecule has 0 saturated carbocycles. The molecular weight excluding hydrogens is 488 g/mol. The van der Waals surface area contributed by atoms with Gasteiger partial charge in [0.1, 0.15) is 29.5 Å². The first-order valence-corrected chi connectivity index (χ1v) is 12.0. The summed E-state index contributed by atoms with van der Waals surface area (Å²) in [5, 5.41) is 17.9. The average molecular weight is 511 g/mol. The van der Waals surface area contributed by atoms with Gasteiger partial charge in [0.2, 0.25) is 0 Å². The number of nitrogens with zero attached hydrogens (tertiary/aromatic N) is 5. The van der Waals surface area contributed by atoms with Crippen LogP contribution in [0.1, 0.15) is 33.8 Å². The van der Waals surface area contributed by atoms with Crippen molar-refractivity contribution in [2.45, 2.75) is 33.9 Å². The van der Waals surface area contributed by atoms with Crippen LogP contribution in [-0.2, 0) is 13.2 Å². The van der Waals surface area contributed by atoms with Gasteiger partial charge in [-0.05, 0) is 56.7 Å². The normalized spacial score (nSPS) is 11.0. The predicted molar refractivity (Wildman–Crippen MR) is 142 cm³/mol. The van der Waals surface area contributed by atoms with Gasteiger partial charge >= 0.3 is 0 Å². The minimum atomic E-state index is -0.383. The Hall–Kier alpha value is -4.48. The molecule has 0 amide bonds. The van der Waals surface area contributed by atoms with Gasteiger partial charge < -0.3 is 9.30 Å². The first-order valence-electron chi connectivity index (χ1n) is 11.6. The molecule has 0 unspecified atom stereocenters. The number of benzene rings is 1. The summed E-state index contributed by atoms with van der Waals surface area (Å²) in [6, 6.07) is 14.7. The molecule has 9 heteroatoms. The maximum atomic E-state index is 12.6. The van der Waals surface area contributed by atoms with Crippen LogP contribution in [0, 0.1) is 32.1 Å². The largest absolute Gasteiger partial charge is 0.486 e. The number of aryl methyl sites for hydroxylation is 3. The van der Waals surface area contributed by atoms with Gasteiger partial charge in [-0.2, -0.15) is 10.4 Å². The van der Waals surface area contributed by atoms with Crippen LogP contribution in [0.3, 0.4) is 0 Å². The van der Waals surface area contributed by atoms with Crippen molar-refractivity contribution < 1.29 is 4.74 Å². The van der Waals surface area contributed by atoms with Crippen molar-refractivity contribution in [1.82, 2.24) is 24.7 Å². The van der Waals surface area contributed by atoms with Gasteiger partial charge in [-0.1, -0.05) is 23.7 Å². The van der Waals surface area contributed by atoms with Gasteiger partial charge in [0.25, 0.3) is 5.56 Å². The Labute approximate surface area is 218 Å².